The summed E-state index contributed by atoms with van der Waals surface area (Å²) in [7, 11) is 0. The maximum atomic E-state index is 2.44. The molecule has 0 atom stereocenters. The summed E-state index contributed by atoms with van der Waals surface area (Å²) in [5.74, 6) is 0.304. The quantitative estimate of drug-likeness (QED) is 0.569. The summed E-state index contributed by atoms with van der Waals surface area (Å²) in [4.78, 5) is 0. The lowest BCUT2D eigenvalue weighted by Gasteiger charge is -2.26. The molecule has 0 heteroatoms. The molecule has 0 nitrogen and oxygen atoms in total. The van der Waals surface area contributed by atoms with E-state index in [-0.39, 0.29) is 0 Å². The summed E-state index contributed by atoms with van der Waals surface area (Å²) >= 11 is 0. The average molecular weight is 296 g/mol. The number of rotatable bonds is 3. The molecule has 1 aliphatic rings. The van der Waals surface area contributed by atoms with Gasteiger partial charge in [0, 0.05) is 5.92 Å². The Morgan fingerprint density at radius 1 is 0.609 bits per heavy atom. The molecule has 1 aliphatic carbocycles. The summed E-state index contributed by atoms with van der Waals surface area (Å²) in [5.41, 5.74) is 7.06. The third kappa shape index (κ3) is 2.73. The van der Waals surface area contributed by atoms with Crippen LogP contribution in [0, 0.1) is 0 Å². The van der Waals surface area contributed by atoms with Crippen molar-refractivity contribution in [3.63, 3.8) is 0 Å². The lowest BCUT2D eigenvalue weighted by molar-refractivity contribution is 0.938. The molecule has 0 spiro atoms. The van der Waals surface area contributed by atoms with Crippen molar-refractivity contribution < 1.29 is 0 Å². The third-order valence-electron chi connectivity index (χ3n) is 4.68. The Kier molecular flexibility index (Phi) is 3.81. The van der Waals surface area contributed by atoms with Crippen molar-refractivity contribution >= 4 is 5.57 Å². The minimum atomic E-state index is 0.304. The predicted octanol–water partition coefficient (Wildman–Crippen LogP) is 5.85. The van der Waals surface area contributed by atoms with Gasteiger partial charge in [-0.05, 0) is 40.7 Å². The van der Waals surface area contributed by atoms with E-state index in [1.807, 2.05) is 0 Å². The Bertz CT molecular complexity index is 773. The van der Waals surface area contributed by atoms with Crippen LogP contribution in [0.25, 0.3) is 5.57 Å². The van der Waals surface area contributed by atoms with E-state index in [2.05, 4.69) is 91.0 Å². The first-order valence-corrected chi connectivity index (χ1v) is 8.32. The Morgan fingerprint density at radius 2 is 1.17 bits per heavy atom. The number of benzene rings is 3. The van der Waals surface area contributed by atoms with Gasteiger partial charge in [0.15, 0.2) is 0 Å². The van der Waals surface area contributed by atoms with Crippen LogP contribution in [0.5, 0.6) is 0 Å². The van der Waals surface area contributed by atoms with Gasteiger partial charge in [-0.1, -0.05) is 91.0 Å². The molecule has 0 aliphatic heterocycles. The lowest BCUT2D eigenvalue weighted by Crippen LogP contribution is -2.09. The van der Waals surface area contributed by atoms with Gasteiger partial charge in [0.1, 0.15) is 0 Å². The van der Waals surface area contributed by atoms with Crippen LogP contribution in [0.15, 0.2) is 91.0 Å². The number of aryl methyl sites for hydroxylation is 1. The molecule has 0 amide bonds. The van der Waals surface area contributed by atoms with Gasteiger partial charge >= 0.3 is 0 Å². The molecule has 0 N–H and O–H groups in total. The number of allylic oxidation sites excluding steroid dienone is 2. The molecule has 0 saturated heterocycles. The molecule has 0 aromatic heterocycles. The van der Waals surface area contributed by atoms with Gasteiger partial charge in [-0.25, -0.2) is 0 Å². The van der Waals surface area contributed by atoms with Crippen LogP contribution in [-0.2, 0) is 6.42 Å². The lowest BCUT2D eigenvalue weighted by atomic mass is 9.77. The highest BCUT2D eigenvalue weighted by Gasteiger charge is 2.23. The molecular weight excluding hydrogens is 276 g/mol. The van der Waals surface area contributed by atoms with E-state index in [9.17, 15) is 0 Å². The highest BCUT2D eigenvalue weighted by atomic mass is 14.3. The van der Waals surface area contributed by atoms with E-state index >= 15 is 0 Å². The van der Waals surface area contributed by atoms with Gasteiger partial charge < -0.3 is 0 Å². The van der Waals surface area contributed by atoms with Crippen molar-refractivity contribution in [2.24, 2.45) is 0 Å². The van der Waals surface area contributed by atoms with Crippen LogP contribution in [0.3, 0.4) is 0 Å². The summed E-state index contributed by atoms with van der Waals surface area (Å²) < 4.78 is 0. The summed E-state index contributed by atoms with van der Waals surface area (Å²) in [5, 5.41) is 0. The van der Waals surface area contributed by atoms with Crippen molar-refractivity contribution in [2.45, 2.75) is 18.8 Å². The van der Waals surface area contributed by atoms with E-state index < -0.39 is 0 Å². The van der Waals surface area contributed by atoms with E-state index in [4.69, 9.17) is 0 Å². The third-order valence-corrected chi connectivity index (χ3v) is 4.68. The van der Waals surface area contributed by atoms with Gasteiger partial charge in [-0.3, -0.25) is 0 Å². The highest BCUT2D eigenvalue weighted by molar-refractivity contribution is 5.78. The van der Waals surface area contributed by atoms with Crippen molar-refractivity contribution in [3.05, 3.63) is 113 Å². The molecule has 0 radical (unpaired) electrons. The van der Waals surface area contributed by atoms with Crippen LogP contribution in [0.2, 0.25) is 0 Å². The topological polar surface area (TPSA) is 0 Å². The minimum Gasteiger partial charge on any atom is -0.0794 e. The van der Waals surface area contributed by atoms with E-state index in [0.29, 0.717) is 5.92 Å². The fourth-order valence-corrected chi connectivity index (χ4v) is 3.63. The van der Waals surface area contributed by atoms with Gasteiger partial charge in [0.25, 0.3) is 0 Å². The molecule has 0 heterocycles. The summed E-state index contributed by atoms with van der Waals surface area (Å²) in [6, 6.07) is 30.6. The van der Waals surface area contributed by atoms with Crippen molar-refractivity contribution in [1.29, 1.82) is 0 Å². The predicted molar refractivity (Wildman–Crippen MR) is 97.5 cm³/mol. The first-order valence-electron chi connectivity index (χ1n) is 8.32. The standard InChI is InChI=1S/C23H20/c1-3-11-19(12-4-1)23(20-13-5-2-6-14-20)22-17-9-15-18-10-7-8-16-21(18)22/h1-8,10-14,16-17,23H,9,15H2. The zero-order chi connectivity index (χ0) is 15.5. The SMILES string of the molecule is C1=C(C(c2ccccc2)c2ccccc2)c2ccccc2CC1. The first-order chi connectivity index (χ1) is 11.4. The van der Waals surface area contributed by atoms with Crippen LogP contribution >= 0.6 is 0 Å². The van der Waals surface area contributed by atoms with Gasteiger partial charge in [-0.15, -0.1) is 0 Å². The molecule has 3 aromatic carbocycles. The van der Waals surface area contributed by atoms with Gasteiger partial charge in [0.05, 0.1) is 0 Å². The molecule has 3 aromatic rings. The molecular formula is C23H20. The minimum absolute atomic E-state index is 0.304. The van der Waals surface area contributed by atoms with E-state index in [0.717, 1.165) is 12.8 Å². The maximum absolute atomic E-state index is 2.44. The van der Waals surface area contributed by atoms with E-state index in [1.54, 1.807) is 0 Å². The maximum Gasteiger partial charge on any atom is 0.0342 e. The number of fused-ring (bicyclic) bond motifs is 1. The van der Waals surface area contributed by atoms with Gasteiger partial charge in [-0.2, -0.15) is 0 Å². The summed E-state index contributed by atoms with van der Waals surface area (Å²) in [6.07, 6.45) is 4.71. The fourth-order valence-electron chi connectivity index (χ4n) is 3.63. The number of hydrogen-bond donors (Lipinski definition) is 0. The first kappa shape index (κ1) is 14.0. The molecule has 0 fully saturated rings. The molecule has 4 rings (SSSR count). The Morgan fingerprint density at radius 3 is 1.83 bits per heavy atom. The molecule has 0 saturated carbocycles. The second-order valence-electron chi connectivity index (χ2n) is 6.11. The molecule has 23 heavy (non-hydrogen) atoms. The van der Waals surface area contributed by atoms with Crippen molar-refractivity contribution in [3.8, 4) is 0 Å². The zero-order valence-corrected chi connectivity index (χ0v) is 13.2. The smallest absolute Gasteiger partial charge is 0.0342 e. The second-order valence-corrected chi connectivity index (χ2v) is 6.11. The van der Waals surface area contributed by atoms with Gasteiger partial charge in [0.2, 0.25) is 0 Å². The van der Waals surface area contributed by atoms with E-state index in [1.165, 1.54) is 27.8 Å². The Balaban J connectivity index is 1.88. The van der Waals surface area contributed by atoms with Crippen LogP contribution in [0.4, 0.5) is 0 Å². The molecule has 0 unspecified atom stereocenters. The fraction of sp³-hybridized carbons (Fsp3) is 0.130. The average Bonchev–Trinajstić information content (AvgIpc) is 2.64. The highest BCUT2D eigenvalue weighted by Crippen LogP contribution is 2.41. The second kappa shape index (κ2) is 6.26. The largest absolute Gasteiger partial charge is 0.0794 e. The monoisotopic (exact) mass is 296 g/mol. The summed E-state index contributed by atoms with van der Waals surface area (Å²) in [6.45, 7) is 0. The van der Waals surface area contributed by atoms with Crippen molar-refractivity contribution in [2.75, 3.05) is 0 Å². The zero-order valence-electron chi connectivity index (χ0n) is 13.2. The van der Waals surface area contributed by atoms with Crippen molar-refractivity contribution in [1.82, 2.24) is 0 Å². The number of hydrogen-bond acceptors (Lipinski definition) is 0. The van der Waals surface area contributed by atoms with Crippen LogP contribution in [-0.4, -0.2) is 0 Å². The normalized spacial score (nSPS) is 13.5. The Labute approximate surface area is 138 Å². The van der Waals surface area contributed by atoms with Crippen LogP contribution < -0.4 is 0 Å². The molecule has 112 valence electrons. The molecule has 0 bridgehead atoms. The Hall–Kier alpha value is -2.60. The van der Waals surface area contributed by atoms with Crippen LogP contribution in [0.1, 0.15) is 34.6 Å².